The van der Waals surface area contributed by atoms with E-state index in [4.69, 9.17) is 4.74 Å². The molecule has 8 nitrogen and oxygen atoms in total. The quantitative estimate of drug-likeness (QED) is 0.552. The van der Waals surface area contributed by atoms with Gasteiger partial charge in [-0.15, -0.1) is 0 Å². The Morgan fingerprint density at radius 3 is 2.48 bits per heavy atom. The smallest absolute Gasteiger partial charge is 0.244 e. The van der Waals surface area contributed by atoms with Gasteiger partial charge in [0.05, 0.1) is 13.2 Å². The molecule has 0 saturated heterocycles. The minimum atomic E-state index is -4.24. The zero-order chi connectivity index (χ0) is 22.6. The molecule has 0 fully saturated rings. The molecule has 0 saturated carbocycles. The van der Waals surface area contributed by atoms with E-state index in [1.807, 2.05) is 0 Å². The Morgan fingerprint density at radius 1 is 1.16 bits per heavy atom. The molecule has 0 bridgehead atoms. The van der Waals surface area contributed by atoms with Crippen LogP contribution in [0.25, 0.3) is 0 Å². The van der Waals surface area contributed by atoms with Crippen LogP contribution in [-0.4, -0.2) is 37.0 Å². The van der Waals surface area contributed by atoms with Crippen molar-refractivity contribution in [1.29, 1.82) is 0 Å². The lowest BCUT2D eigenvalue weighted by Gasteiger charge is -2.23. The Labute approximate surface area is 180 Å². The summed E-state index contributed by atoms with van der Waals surface area (Å²) in [6, 6.07) is 10.2. The molecule has 2 aromatic carbocycles. The number of rotatable bonds is 8. The summed E-state index contributed by atoms with van der Waals surface area (Å²) in [7, 11) is -0.948. The van der Waals surface area contributed by atoms with Crippen molar-refractivity contribution in [3.8, 4) is 5.75 Å². The van der Waals surface area contributed by atoms with E-state index in [1.165, 1.54) is 26.2 Å². The number of nitrogens with zero attached hydrogens (tertiary/aromatic N) is 2. The highest BCUT2D eigenvalue weighted by Gasteiger charge is 2.29. The zero-order valence-electron chi connectivity index (χ0n) is 17.2. The number of carbonyl (C=O) groups excluding carboxylic acids is 1. The molecular formula is C21H23FN4O4S. The highest BCUT2D eigenvalue weighted by Crippen LogP contribution is 2.29. The summed E-state index contributed by atoms with van der Waals surface area (Å²) in [6.45, 7) is 1.38. The summed E-state index contributed by atoms with van der Waals surface area (Å²) in [5.74, 6) is -0.446. The summed E-state index contributed by atoms with van der Waals surface area (Å²) in [4.78, 5) is 16.7. The first-order chi connectivity index (χ1) is 14.7. The molecule has 2 atom stereocenters. The van der Waals surface area contributed by atoms with Gasteiger partial charge in [0.25, 0.3) is 0 Å². The van der Waals surface area contributed by atoms with E-state index >= 15 is 0 Å². The summed E-state index contributed by atoms with van der Waals surface area (Å²) in [6.07, 6.45) is 3.32. The standard InChI is InChI=1S/C21H23FN4O4S/c1-14(25-31(28,29)18-11-7-5-9-16(18)22)21(27)24-19(20-23-12-13-26(20)2)15-8-4-6-10-17(15)30-3/h4-14,19,25H,1-3H3,(H,24,27). The van der Waals surface area contributed by atoms with Crippen molar-refractivity contribution in [3.63, 3.8) is 0 Å². The lowest BCUT2D eigenvalue weighted by atomic mass is 10.0. The topological polar surface area (TPSA) is 102 Å². The number of ether oxygens (including phenoxy) is 1. The number of hydrogen-bond acceptors (Lipinski definition) is 5. The number of amides is 1. The Bertz CT molecular complexity index is 1180. The number of para-hydroxylation sites is 1. The summed E-state index contributed by atoms with van der Waals surface area (Å²) < 4.78 is 48.4. The normalized spacial score (nSPS) is 13.4. The summed E-state index contributed by atoms with van der Waals surface area (Å²) in [5, 5.41) is 2.82. The van der Waals surface area contributed by atoms with Gasteiger partial charge in [0, 0.05) is 25.0 Å². The molecule has 0 radical (unpaired) electrons. The van der Waals surface area contributed by atoms with Gasteiger partial charge < -0.3 is 14.6 Å². The van der Waals surface area contributed by atoms with Gasteiger partial charge in [0.2, 0.25) is 15.9 Å². The third-order valence-corrected chi connectivity index (χ3v) is 6.28. The molecular weight excluding hydrogens is 423 g/mol. The molecule has 31 heavy (non-hydrogen) atoms. The van der Waals surface area contributed by atoms with E-state index in [9.17, 15) is 17.6 Å². The first kappa shape index (κ1) is 22.4. The van der Waals surface area contributed by atoms with E-state index in [0.717, 1.165) is 12.1 Å². The third-order valence-electron chi connectivity index (χ3n) is 4.70. The Morgan fingerprint density at radius 2 is 1.84 bits per heavy atom. The fourth-order valence-corrected chi connectivity index (χ4v) is 4.40. The SMILES string of the molecule is COc1ccccc1C(NC(=O)C(C)NS(=O)(=O)c1ccccc1F)c1nccn1C. The molecule has 3 rings (SSSR count). The van der Waals surface area contributed by atoms with Crippen molar-refractivity contribution in [2.45, 2.75) is 23.9 Å². The van der Waals surface area contributed by atoms with Crippen LogP contribution in [-0.2, 0) is 21.9 Å². The number of aryl methyl sites for hydroxylation is 1. The van der Waals surface area contributed by atoms with Gasteiger partial charge in [0.15, 0.2) is 0 Å². The van der Waals surface area contributed by atoms with Crippen LogP contribution in [0.3, 0.4) is 0 Å². The monoisotopic (exact) mass is 446 g/mol. The first-order valence-electron chi connectivity index (χ1n) is 9.42. The molecule has 3 aromatic rings. The van der Waals surface area contributed by atoms with Gasteiger partial charge in [-0.25, -0.2) is 17.8 Å². The second-order valence-electron chi connectivity index (χ2n) is 6.85. The van der Waals surface area contributed by atoms with Crippen LogP contribution in [0.5, 0.6) is 5.75 Å². The molecule has 0 aliphatic carbocycles. The van der Waals surface area contributed by atoms with Gasteiger partial charge in [-0.1, -0.05) is 30.3 Å². The fraction of sp³-hybridized carbons (Fsp3) is 0.238. The largest absolute Gasteiger partial charge is 0.496 e. The second-order valence-corrected chi connectivity index (χ2v) is 8.54. The van der Waals surface area contributed by atoms with Crippen molar-refractivity contribution in [2.75, 3.05) is 7.11 Å². The lowest BCUT2D eigenvalue weighted by Crippen LogP contribution is -2.46. The fourth-order valence-electron chi connectivity index (χ4n) is 3.12. The van der Waals surface area contributed by atoms with Crippen molar-refractivity contribution in [3.05, 3.63) is 78.1 Å². The Hall–Kier alpha value is -3.24. The first-order valence-corrected chi connectivity index (χ1v) is 10.9. The van der Waals surface area contributed by atoms with Crippen LogP contribution < -0.4 is 14.8 Å². The van der Waals surface area contributed by atoms with Gasteiger partial charge in [-0.05, 0) is 25.1 Å². The van der Waals surface area contributed by atoms with E-state index in [-0.39, 0.29) is 0 Å². The van der Waals surface area contributed by atoms with Gasteiger partial charge in [0.1, 0.15) is 28.3 Å². The molecule has 2 N–H and O–H groups in total. The molecule has 1 aromatic heterocycles. The molecule has 0 aliphatic rings. The van der Waals surface area contributed by atoms with E-state index in [1.54, 1.807) is 48.3 Å². The molecule has 10 heteroatoms. The van der Waals surface area contributed by atoms with Crippen molar-refractivity contribution in [2.24, 2.45) is 7.05 Å². The number of halogens is 1. The molecule has 1 heterocycles. The molecule has 0 aliphatic heterocycles. The molecule has 164 valence electrons. The number of nitrogens with one attached hydrogen (secondary N) is 2. The number of imidazole rings is 1. The lowest BCUT2D eigenvalue weighted by molar-refractivity contribution is -0.122. The van der Waals surface area contributed by atoms with Crippen LogP contribution in [0, 0.1) is 5.82 Å². The maximum absolute atomic E-state index is 13.9. The molecule has 2 unspecified atom stereocenters. The Kier molecular flexibility index (Phi) is 6.71. The average Bonchev–Trinajstić information content (AvgIpc) is 3.17. The van der Waals surface area contributed by atoms with Crippen molar-refractivity contribution in [1.82, 2.24) is 19.6 Å². The van der Waals surface area contributed by atoms with Crippen molar-refractivity contribution >= 4 is 15.9 Å². The van der Waals surface area contributed by atoms with E-state index < -0.39 is 38.7 Å². The molecule has 0 spiro atoms. The minimum Gasteiger partial charge on any atom is -0.496 e. The second kappa shape index (κ2) is 9.27. The predicted molar refractivity (Wildman–Crippen MR) is 112 cm³/mol. The van der Waals surface area contributed by atoms with E-state index in [2.05, 4.69) is 15.0 Å². The van der Waals surface area contributed by atoms with Crippen LogP contribution in [0.2, 0.25) is 0 Å². The molecule has 1 amide bonds. The Balaban J connectivity index is 1.87. The van der Waals surface area contributed by atoms with Crippen LogP contribution in [0.1, 0.15) is 24.4 Å². The number of aromatic nitrogens is 2. The maximum Gasteiger partial charge on any atom is 0.244 e. The number of benzene rings is 2. The van der Waals surface area contributed by atoms with Crippen LogP contribution >= 0.6 is 0 Å². The average molecular weight is 447 g/mol. The number of carbonyl (C=O) groups is 1. The van der Waals surface area contributed by atoms with Gasteiger partial charge in [-0.2, -0.15) is 4.72 Å². The third kappa shape index (κ3) is 4.92. The van der Waals surface area contributed by atoms with E-state index in [0.29, 0.717) is 17.1 Å². The van der Waals surface area contributed by atoms with Gasteiger partial charge in [-0.3, -0.25) is 4.79 Å². The van der Waals surface area contributed by atoms with Gasteiger partial charge >= 0.3 is 0 Å². The van der Waals surface area contributed by atoms with Crippen LogP contribution in [0.4, 0.5) is 4.39 Å². The zero-order valence-corrected chi connectivity index (χ0v) is 18.1. The number of hydrogen-bond donors (Lipinski definition) is 2. The van der Waals surface area contributed by atoms with Crippen LogP contribution in [0.15, 0.2) is 65.8 Å². The summed E-state index contributed by atoms with van der Waals surface area (Å²) >= 11 is 0. The highest BCUT2D eigenvalue weighted by molar-refractivity contribution is 7.89. The number of methoxy groups -OCH3 is 1. The minimum absolute atomic E-state index is 0.528. The van der Waals surface area contributed by atoms with Crippen molar-refractivity contribution < 1.29 is 22.3 Å². The predicted octanol–water partition coefficient (Wildman–Crippen LogP) is 2.14. The summed E-state index contributed by atoms with van der Waals surface area (Å²) in [5.41, 5.74) is 0.650. The number of sulfonamides is 1. The highest BCUT2D eigenvalue weighted by atomic mass is 32.2. The maximum atomic E-state index is 13.9.